The van der Waals surface area contributed by atoms with Crippen LogP contribution in [-0.4, -0.2) is 42.0 Å². The van der Waals surface area contributed by atoms with E-state index in [4.69, 9.17) is 5.26 Å². The van der Waals surface area contributed by atoms with Gasteiger partial charge < -0.3 is 5.32 Å². The fourth-order valence-electron chi connectivity index (χ4n) is 3.67. The molecule has 0 unspecified atom stereocenters. The molecule has 1 N–H and O–H groups in total. The smallest absolute Gasteiger partial charge is 0.263 e. The molecule has 174 valence electrons. The van der Waals surface area contributed by atoms with Gasteiger partial charge in [0.25, 0.3) is 11.8 Å². The summed E-state index contributed by atoms with van der Waals surface area (Å²) >= 11 is 0. The summed E-state index contributed by atoms with van der Waals surface area (Å²) in [7, 11) is 3.01. The maximum absolute atomic E-state index is 12.9. The number of carbonyl (C=O) groups excluding carboxylic acids is 2. The number of nitrogens with one attached hydrogen (secondary N) is 1. The third-order valence-corrected chi connectivity index (χ3v) is 5.70. The second-order valence-electron chi connectivity index (χ2n) is 8.66. The van der Waals surface area contributed by atoms with Gasteiger partial charge in [-0.1, -0.05) is 80.6 Å². The maximum Gasteiger partial charge on any atom is 0.263 e. The van der Waals surface area contributed by atoms with E-state index in [0.717, 1.165) is 27.3 Å². The van der Waals surface area contributed by atoms with Crippen LogP contribution in [0.4, 0.5) is 0 Å². The Morgan fingerprint density at radius 1 is 0.824 bits per heavy atom. The molecular formula is C28H30N4O2. The van der Waals surface area contributed by atoms with Crippen LogP contribution in [0.1, 0.15) is 30.6 Å². The zero-order chi connectivity index (χ0) is 24.7. The van der Waals surface area contributed by atoms with Gasteiger partial charge in [0.15, 0.2) is 6.19 Å². The topological polar surface area (TPSA) is 76.4 Å². The number of hydrogen-bond donors (Lipinski definition) is 1. The summed E-state index contributed by atoms with van der Waals surface area (Å²) in [6, 6.07) is 25.1. The molecule has 34 heavy (non-hydrogen) atoms. The van der Waals surface area contributed by atoms with Crippen LogP contribution >= 0.6 is 0 Å². The van der Waals surface area contributed by atoms with Gasteiger partial charge in [0.1, 0.15) is 6.04 Å². The molecule has 0 spiro atoms. The molecule has 3 rings (SSSR count). The number of benzene rings is 3. The van der Waals surface area contributed by atoms with Crippen molar-refractivity contribution in [2.24, 2.45) is 5.92 Å². The van der Waals surface area contributed by atoms with Gasteiger partial charge >= 0.3 is 0 Å². The second kappa shape index (κ2) is 11.2. The Morgan fingerprint density at radius 2 is 1.29 bits per heavy atom. The largest absolute Gasteiger partial charge is 0.340 e. The second-order valence-corrected chi connectivity index (χ2v) is 8.66. The van der Waals surface area contributed by atoms with Crippen LogP contribution in [0, 0.1) is 17.4 Å². The minimum Gasteiger partial charge on any atom is -0.340 e. The molecule has 0 aliphatic carbocycles. The third kappa shape index (κ3) is 6.02. The van der Waals surface area contributed by atoms with E-state index >= 15 is 0 Å². The predicted octanol–water partition coefficient (Wildman–Crippen LogP) is 4.95. The average Bonchev–Trinajstić information content (AvgIpc) is 2.87. The Bertz CT molecular complexity index is 1150. The number of carbonyl (C=O) groups is 2. The molecule has 0 heterocycles. The summed E-state index contributed by atoms with van der Waals surface area (Å²) < 4.78 is 0. The van der Waals surface area contributed by atoms with E-state index < -0.39 is 6.04 Å². The predicted molar refractivity (Wildman–Crippen MR) is 134 cm³/mol. The number of hydrogen-bond acceptors (Lipinski definition) is 4. The summed E-state index contributed by atoms with van der Waals surface area (Å²) in [4.78, 5) is 25.7. The van der Waals surface area contributed by atoms with Gasteiger partial charge in [0, 0.05) is 19.7 Å². The molecule has 0 aliphatic heterocycles. The number of amides is 2. The van der Waals surface area contributed by atoms with Gasteiger partial charge in [-0.2, -0.15) is 5.26 Å². The van der Waals surface area contributed by atoms with E-state index in [1.807, 2.05) is 50.4 Å². The Labute approximate surface area is 201 Å². The Hall–Kier alpha value is -4.11. The molecule has 6 nitrogen and oxygen atoms in total. The van der Waals surface area contributed by atoms with Gasteiger partial charge in [-0.3, -0.25) is 9.59 Å². The highest BCUT2D eigenvalue weighted by atomic mass is 16.2. The van der Waals surface area contributed by atoms with Gasteiger partial charge in [-0.15, -0.1) is 0 Å². The molecule has 2 amide bonds. The van der Waals surface area contributed by atoms with Gasteiger partial charge in [-0.25, -0.2) is 10.0 Å². The molecular weight excluding hydrogens is 424 g/mol. The van der Waals surface area contributed by atoms with Crippen LogP contribution in [0.2, 0.25) is 0 Å². The number of rotatable bonds is 8. The molecule has 0 aromatic heterocycles. The molecule has 3 aromatic rings. The molecule has 1 atom stereocenters. The highest BCUT2D eigenvalue weighted by Gasteiger charge is 2.27. The van der Waals surface area contributed by atoms with Crippen molar-refractivity contribution in [2.45, 2.75) is 26.3 Å². The van der Waals surface area contributed by atoms with E-state index in [0.29, 0.717) is 12.0 Å². The van der Waals surface area contributed by atoms with Crippen LogP contribution in [0.3, 0.4) is 0 Å². The number of hydrazine groups is 1. The molecule has 0 saturated heterocycles. The van der Waals surface area contributed by atoms with Gasteiger partial charge in [0.2, 0.25) is 0 Å². The molecule has 0 bridgehead atoms. The lowest BCUT2D eigenvalue weighted by atomic mass is 9.99. The average molecular weight is 455 g/mol. The maximum atomic E-state index is 12.9. The van der Waals surface area contributed by atoms with Crippen LogP contribution < -0.4 is 5.32 Å². The monoisotopic (exact) mass is 454 g/mol. The van der Waals surface area contributed by atoms with Crippen molar-refractivity contribution < 1.29 is 9.59 Å². The Balaban J connectivity index is 1.72. The number of nitrogens with zero attached hydrogens (tertiary/aromatic N) is 3. The van der Waals surface area contributed by atoms with Crippen molar-refractivity contribution in [1.29, 1.82) is 5.26 Å². The first kappa shape index (κ1) is 24.5. The lowest BCUT2D eigenvalue weighted by molar-refractivity contribution is -0.142. The van der Waals surface area contributed by atoms with E-state index in [1.165, 1.54) is 19.1 Å². The highest BCUT2D eigenvalue weighted by molar-refractivity contribution is 5.97. The Morgan fingerprint density at radius 3 is 1.76 bits per heavy atom. The molecule has 0 aliphatic rings. The van der Waals surface area contributed by atoms with Crippen molar-refractivity contribution in [3.8, 4) is 28.4 Å². The molecule has 6 heteroatoms. The number of nitriles is 1. The minimum absolute atomic E-state index is 0.191. The Kier molecular flexibility index (Phi) is 8.05. The first-order valence-corrected chi connectivity index (χ1v) is 11.3. The van der Waals surface area contributed by atoms with E-state index in [1.54, 1.807) is 12.1 Å². The fraction of sp³-hybridized carbons (Fsp3) is 0.250. The molecule has 0 saturated carbocycles. The first-order valence-electron chi connectivity index (χ1n) is 11.3. The molecule has 0 radical (unpaired) electrons. The van der Waals surface area contributed by atoms with Gasteiger partial charge in [-0.05, 0) is 46.7 Å². The van der Waals surface area contributed by atoms with Gasteiger partial charge in [0.05, 0.1) is 0 Å². The van der Waals surface area contributed by atoms with E-state index in [-0.39, 0.29) is 17.7 Å². The van der Waals surface area contributed by atoms with E-state index in [2.05, 4.69) is 41.7 Å². The van der Waals surface area contributed by atoms with Crippen LogP contribution in [0.15, 0.2) is 78.9 Å². The van der Waals surface area contributed by atoms with Crippen molar-refractivity contribution in [3.63, 3.8) is 0 Å². The zero-order valence-corrected chi connectivity index (χ0v) is 20.0. The zero-order valence-electron chi connectivity index (χ0n) is 20.0. The van der Waals surface area contributed by atoms with Crippen molar-refractivity contribution in [1.82, 2.24) is 15.3 Å². The quantitative estimate of drug-likeness (QED) is 0.297. The van der Waals surface area contributed by atoms with Crippen LogP contribution in [0.5, 0.6) is 0 Å². The highest BCUT2D eigenvalue weighted by Crippen LogP contribution is 2.25. The van der Waals surface area contributed by atoms with Crippen molar-refractivity contribution in [2.75, 3.05) is 14.1 Å². The number of likely N-dealkylation sites (N-methyl/N-ethyl adjacent to an activating group) is 1. The molecule has 0 fully saturated rings. The summed E-state index contributed by atoms with van der Waals surface area (Å²) in [5.74, 6) is -0.463. The summed E-state index contributed by atoms with van der Waals surface area (Å²) in [5, 5.41) is 14.3. The normalized spacial score (nSPS) is 11.4. The lowest BCUT2D eigenvalue weighted by Gasteiger charge is -2.28. The summed E-state index contributed by atoms with van der Waals surface area (Å²) in [5.41, 5.74) is 4.84. The third-order valence-electron chi connectivity index (χ3n) is 5.70. The van der Waals surface area contributed by atoms with Crippen molar-refractivity contribution in [3.05, 3.63) is 84.4 Å². The summed E-state index contributed by atoms with van der Waals surface area (Å²) in [6.45, 7) is 3.97. The SMILES string of the molecule is CC(C)C[C@H](NC(=O)c1ccc(-c2ccc(-c3ccccc3)cc2)cc1)C(=O)N(C)N(C)C#N. The minimum atomic E-state index is -0.724. The van der Waals surface area contributed by atoms with Crippen LogP contribution in [-0.2, 0) is 4.79 Å². The van der Waals surface area contributed by atoms with E-state index in [9.17, 15) is 9.59 Å². The lowest BCUT2D eigenvalue weighted by Crippen LogP contribution is -2.51. The standard InChI is InChI=1S/C28H30N4O2/c1-20(2)18-26(28(34)32(4)31(3)19-29)30-27(33)25-16-14-24(15-17-25)23-12-10-22(11-13-23)21-8-6-5-7-9-21/h5-17,20,26H,18H2,1-4H3,(H,30,33)/t26-/m0/s1. The summed E-state index contributed by atoms with van der Waals surface area (Å²) in [6.07, 6.45) is 2.37. The fourth-order valence-corrected chi connectivity index (χ4v) is 3.67. The van der Waals surface area contributed by atoms with Crippen molar-refractivity contribution >= 4 is 11.8 Å². The van der Waals surface area contributed by atoms with Crippen LogP contribution in [0.25, 0.3) is 22.3 Å². The first-order chi connectivity index (χ1) is 16.3. The molecule has 3 aromatic carbocycles.